The molecule has 0 aliphatic rings. The molecule has 132 valence electrons. The molecule has 0 aliphatic carbocycles. The molecule has 2 aromatic heterocycles. The Morgan fingerprint density at radius 1 is 0.889 bits per heavy atom. The Labute approximate surface area is 163 Å². The largest absolute Gasteiger partial charge is 0.283 e. The summed E-state index contributed by atoms with van der Waals surface area (Å²) in [5, 5.41) is 0. The number of benzene rings is 2. The zero-order chi connectivity index (χ0) is 18.8. The smallest absolute Gasteiger partial charge is 0.263 e. The Kier molecular flexibility index (Phi) is 4.64. The highest BCUT2D eigenvalue weighted by molar-refractivity contribution is 9.10. The fraction of sp³-hybridized carbons (Fsp3) is 0. The molecule has 0 amide bonds. The molecule has 2 aromatic carbocycles. The highest BCUT2D eigenvalue weighted by Crippen LogP contribution is 2.28. The Balaban J connectivity index is 2.03. The van der Waals surface area contributed by atoms with Crippen LogP contribution >= 0.6 is 15.9 Å². The lowest BCUT2D eigenvalue weighted by atomic mass is 10.0. The lowest BCUT2D eigenvalue weighted by molar-refractivity contribution is 0.626. The maximum absolute atomic E-state index is 13.7. The van der Waals surface area contributed by atoms with Gasteiger partial charge in [-0.3, -0.25) is 9.36 Å². The van der Waals surface area contributed by atoms with Gasteiger partial charge in [-0.2, -0.15) is 0 Å². The minimum absolute atomic E-state index is 0.257. The van der Waals surface area contributed by atoms with Crippen molar-refractivity contribution in [1.29, 1.82) is 0 Å². The fourth-order valence-corrected chi connectivity index (χ4v) is 3.34. The molecular weight excluding hydrogens is 409 g/mol. The molecule has 6 heteroatoms. The van der Waals surface area contributed by atoms with Crippen LogP contribution in [0.5, 0.6) is 0 Å². The van der Waals surface area contributed by atoms with Crippen molar-refractivity contribution < 1.29 is 4.39 Å². The van der Waals surface area contributed by atoms with E-state index in [2.05, 4.69) is 25.9 Å². The molecule has 0 radical (unpaired) electrons. The SMILES string of the molecule is O=c1c(-c2ccccc2Br)cc(-c2ncccn2)cn1-c1cccc(F)c1. The molecule has 4 nitrogen and oxygen atoms in total. The molecule has 0 bridgehead atoms. The summed E-state index contributed by atoms with van der Waals surface area (Å²) in [6.07, 6.45) is 4.91. The van der Waals surface area contributed by atoms with E-state index in [0.29, 0.717) is 22.6 Å². The minimum atomic E-state index is -0.414. The molecule has 0 N–H and O–H groups in total. The third-order valence-electron chi connectivity index (χ3n) is 4.09. The van der Waals surface area contributed by atoms with Crippen LogP contribution in [0, 0.1) is 5.82 Å². The van der Waals surface area contributed by atoms with Crippen molar-refractivity contribution in [2.45, 2.75) is 0 Å². The second-order valence-corrected chi connectivity index (χ2v) is 6.70. The number of nitrogens with zero attached hydrogens (tertiary/aromatic N) is 3. The average Bonchev–Trinajstić information content (AvgIpc) is 2.69. The Morgan fingerprint density at radius 3 is 2.41 bits per heavy atom. The number of pyridine rings is 1. The molecule has 0 spiro atoms. The standard InChI is InChI=1S/C21H13BrFN3O/c22-19-8-2-1-7-17(19)18-11-14(20-24-9-4-10-25-20)13-26(21(18)27)16-6-3-5-15(23)12-16/h1-13H. The van der Waals surface area contributed by atoms with Crippen molar-refractivity contribution in [3.63, 3.8) is 0 Å². The summed E-state index contributed by atoms with van der Waals surface area (Å²) in [4.78, 5) is 21.7. The van der Waals surface area contributed by atoms with Gasteiger partial charge >= 0.3 is 0 Å². The number of hydrogen-bond acceptors (Lipinski definition) is 3. The summed E-state index contributed by atoms with van der Waals surface area (Å²) < 4.78 is 16.0. The van der Waals surface area contributed by atoms with Crippen molar-refractivity contribution in [3.05, 3.63) is 99.9 Å². The quantitative estimate of drug-likeness (QED) is 0.474. The Bertz CT molecular complexity index is 1180. The Hall–Kier alpha value is -3.12. The van der Waals surface area contributed by atoms with Gasteiger partial charge in [0.1, 0.15) is 5.82 Å². The summed E-state index contributed by atoms with van der Waals surface area (Å²) in [7, 11) is 0. The van der Waals surface area contributed by atoms with E-state index in [1.54, 1.807) is 42.9 Å². The fourth-order valence-electron chi connectivity index (χ4n) is 2.84. The van der Waals surface area contributed by atoms with Crippen molar-refractivity contribution in [2.24, 2.45) is 0 Å². The van der Waals surface area contributed by atoms with Crippen LogP contribution < -0.4 is 5.56 Å². The molecule has 0 fully saturated rings. The molecule has 2 heterocycles. The van der Waals surface area contributed by atoms with Crippen LogP contribution in [0.25, 0.3) is 28.2 Å². The van der Waals surface area contributed by atoms with E-state index in [9.17, 15) is 9.18 Å². The van der Waals surface area contributed by atoms with Gasteiger partial charge in [0.15, 0.2) is 5.82 Å². The second kappa shape index (κ2) is 7.25. The highest BCUT2D eigenvalue weighted by atomic mass is 79.9. The van der Waals surface area contributed by atoms with Crippen molar-refractivity contribution in [2.75, 3.05) is 0 Å². The van der Waals surface area contributed by atoms with Crippen LogP contribution in [0.3, 0.4) is 0 Å². The van der Waals surface area contributed by atoms with E-state index >= 15 is 0 Å². The van der Waals surface area contributed by atoms with Crippen LogP contribution in [-0.4, -0.2) is 14.5 Å². The zero-order valence-electron chi connectivity index (χ0n) is 14.0. The summed E-state index contributed by atoms with van der Waals surface area (Å²) in [5.74, 6) is 0.0687. The van der Waals surface area contributed by atoms with Gasteiger partial charge in [0.25, 0.3) is 5.56 Å². The van der Waals surface area contributed by atoms with Crippen molar-refractivity contribution in [3.8, 4) is 28.2 Å². The van der Waals surface area contributed by atoms with E-state index in [1.165, 1.54) is 16.7 Å². The third-order valence-corrected chi connectivity index (χ3v) is 4.78. The minimum Gasteiger partial charge on any atom is -0.283 e. The van der Waals surface area contributed by atoms with Gasteiger partial charge in [-0.25, -0.2) is 14.4 Å². The van der Waals surface area contributed by atoms with E-state index in [-0.39, 0.29) is 5.56 Å². The first-order valence-corrected chi connectivity index (χ1v) is 8.98. The van der Waals surface area contributed by atoms with Crippen LogP contribution in [0.2, 0.25) is 0 Å². The van der Waals surface area contributed by atoms with Crippen LogP contribution in [0.15, 0.2) is 88.5 Å². The Morgan fingerprint density at radius 2 is 1.67 bits per heavy atom. The molecule has 0 saturated heterocycles. The molecule has 4 aromatic rings. The zero-order valence-corrected chi connectivity index (χ0v) is 15.6. The molecule has 0 atom stereocenters. The van der Waals surface area contributed by atoms with Gasteiger partial charge < -0.3 is 0 Å². The summed E-state index contributed by atoms with van der Waals surface area (Å²) in [5.41, 5.74) is 2.05. The predicted octanol–water partition coefficient (Wildman–Crippen LogP) is 4.86. The summed E-state index contributed by atoms with van der Waals surface area (Å²) in [6, 6.07) is 16.9. The first-order valence-electron chi connectivity index (χ1n) is 8.18. The number of rotatable bonds is 3. The maximum atomic E-state index is 13.7. The first kappa shape index (κ1) is 17.3. The van der Waals surface area contributed by atoms with Crippen LogP contribution in [0.1, 0.15) is 0 Å². The lowest BCUT2D eigenvalue weighted by Gasteiger charge is -2.12. The van der Waals surface area contributed by atoms with Gasteiger partial charge in [-0.05, 0) is 36.4 Å². The molecular formula is C21H13BrFN3O. The van der Waals surface area contributed by atoms with Gasteiger partial charge in [0, 0.05) is 39.8 Å². The van der Waals surface area contributed by atoms with Gasteiger partial charge in [0.2, 0.25) is 0 Å². The van der Waals surface area contributed by atoms with Gasteiger partial charge in [-0.15, -0.1) is 0 Å². The monoisotopic (exact) mass is 421 g/mol. The normalized spacial score (nSPS) is 10.7. The maximum Gasteiger partial charge on any atom is 0.263 e. The molecule has 0 unspecified atom stereocenters. The number of hydrogen-bond donors (Lipinski definition) is 0. The van der Waals surface area contributed by atoms with Gasteiger partial charge in [0.05, 0.1) is 5.69 Å². The van der Waals surface area contributed by atoms with Crippen molar-refractivity contribution >= 4 is 15.9 Å². The summed E-state index contributed by atoms with van der Waals surface area (Å²) in [6.45, 7) is 0. The molecule has 27 heavy (non-hydrogen) atoms. The van der Waals surface area contributed by atoms with E-state index in [1.807, 2.05) is 24.3 Å². The average molecular weight is 422 g/mol. The molecule has 0 aliphatic heterocycles. The first-order chi connectivity index (χ1) is 13.1. The topological polar surface area (TPSA) is 47.8 Å². The van der Waals surface area contributed by atoms with Crippen LogP contribution in [-0.2, 0) is 0 Å². The van der Waals surface area contributed by atoms with E-state index < -0.39 is 5.82 Å². The highest BCUT2D eigenvalue weighted by Gasteiger charge is 2.15. The van der Waals surface area contributed by atoms with Crippen LogP contribution in [0.4, 0.5) is 4.39 Å². The van der Waals surface area contributed by atoms with Gasteiger partial charge in [-0.1, -0.05) is 40.2 Å². The molecule has 4 rings (SSSR count). The van der Waals surface area contributed by atoms with Crippen molar-refractivity contribution in [1.82, 2.24) is 14.5 Å². The number of aromatic nitrogens is 3. The third kappa shape index (κ3) is 3.44. The predicted molar refractivity (Wildman–Crippen MR) is 106 cm³/mol. The number of halogens is 2. The van der Waals surface area contributed by atoms with E-state index in [0.717, 1.165) is 10.0 Å². The lowest BCUT2D eigenvalue weighted by Crippen LogP contribution is -2.20. The van der Waals surface area contributed by atoms with E-state index in [4.69, 9.17) is 0 Å². The molecule has 0 saturated carbocycles. The summed E-state index contributed by atoms with van der Waals surface area (Å²) >= 11 is 3.50. The second-order valence-electron chi connectivity index (χ2n) is 5.85.